The van der Waals surface area contributed by atoms with Crippen molar-refractivity contribution in [1.29, 1.82) is 0 Å². The summed E-state index contributed by atoms with van der Waals surface area (Å²) in [5.41, 5.74) is 0. The van der Waals surface area contributed by atoms with Crippen LogP contribution >= 0.6 is 0 Å². The molecule has 0 fully saturated rings. The summed E-state index contributed by atoms with van der Waals surface area (Å²) in [4.78, 5) is 0. The quantitative estimate of drug-likeness (QED) is 0.532. The van der Waals surface area contributed by atoms with Crippen LogP contribution in [0, 0.1) is 5.89 Å². The van der Waals surface area contributed by atoms with Crippen LogP contribution < -0.4 is 0 Å². The maximum atomic E-state index is 7.81. The van der Waals surface area contributed by atoms with E-state index in [1.807, 2.05) is 0 Å². The van der Waals surface area contributed by atoms with Crippen LogP contribution in [0.5, 0.6) is 0 Å². The van der Waals surface area contributed by atoms with Crippen LogP contribution in [-0.4, -0.2) is 0 Å². The predicted molar refractivity (Wildman–Crippen MR) is 34.4 cm³/mol. The Bertz CT molecular complexity index is 433. The molecule has 1 unspecified atom stereocenters. The highest BCUT2D eigenvalue weighted by Gasteiger charge is 1.92. The molecular weight excluding hydrogens is 84.1 g/mol. The Hall–Kier alpha value is 0. The lowest BCUT2D eigenvalue weighted by molar-refractivity contribution is 0.509. The molecule has 0 saturated carbocycles. The van der Waals surface area contributed by atoms with Crippen LogP contribution in [0.2, 0.25) is 0 Å². The molecule has 0 heterocycles. The van der Waals surface area contributed by atoms with Gasteiger partial charge in [0.2, 0.25) is 0 Å². The minimum absolute atomic E-state index is 3.77. The van der Waals surface area contributed by atoms with E-state index in [2.05, 4.69) is 0 Å². The van der Waals surface area contributed by atoms with Crippen molar-refractivity contribution in [1.82, 2.24) is 0 Å². The largest absolute Gasteiger partial charge is 0.0654 e. The molecule has 0 aromatic carbocycles. The van der Waals surface area contributed by atoms with Crippen molar-refractivity contribution in [3.05, 3.63) is 0 Å². The molecule has 44 valence electrons. The van der Waals surface area contributed by atoms with Crippen LogP contribution in [0.1, 0.15) is 61.6 Å². The van der Waals surface area contributed by atoms with Crippen LogP contribution in [0.4, 0.5) is 0 Å². The molecule has 0 aromatic rings. The van der Waals surface area contributed by atoms with Crippen molar-refractivity contribution >= 4 is 0 Å². The third-order valence-electron chi connectivity index (χ3n) is 0.312. The van der Waals surface area contributed by atoms with Crippen LogP contribution in [0.3, 0.4) is 0 Å². The summed E-state index contributed by atoms with van der Waals surface area (Å²) in [6, 6.07) is 0. The minimum Gasteiger partial charge on any atom is -0.0654 e. The fourth-order valence-electron chi connectivity index (χ4n) is 0.0938. The molecule has 7 heavy (non-hydrogen) atoms. The topological polar surface area (TPSA) is 0 Å². The smallest absolute Gasteiger partial charge is 0.0300 e. The predicted octanol–water partition coefficient (Wildman–Crippen LogP) is 2.83. The molecule has 0 spiro atoms. The molecule has 0 aliphatic heterocycles. The molecule has 0 radical (unpaired) electrons. The van der Waals surface area contributed by atoms with Crippen LogP contribution in [-0.2, 0) is 0 Å². The fraction of sp³-hybridized carbons (Fsp3) is 1.00. The van der Waals surface area contributed by atoms with E-state index in [1.54, 1.807) is 0 Å². The third kappa shape index (κ3) is 3.84. The van der Waals surface area contributed by atoms with Gasteiger partial charge in [0.1, 0.15) is 0 Å². The minimum atomic E-state index is -4.23. The molecule has 0 aromatic heterocycles. The molecule has 0 heteroatoms. The van der Waals surface area contributed by atoms with Gasteiger partial charge in [-0.05, 0) is 5.89 Å². The Morgan fingerprint density at radius 1 is 1.86 bits per heavy atom. The maximum absolute atomic E-state index is 7.81. The van der Waals surface area contributed by atoms with Crippen molar-refractivity contribution in [2.45, 2.75) is 39.7 Å². The fourth-order valence-corrected chi connectivity index (χ4v) is 0.0938. The Balaban J connectivity index is 6.81. The Kier molecular flexibility index (Phi) is 0.310. The SMILES string of the molecule is [2H]C([2H])([2H])C([2H])([2H])C([2H])([2H])C([2H])(C([2H])([2H])[2H])C([2H])([2H])C([2H])([2H])[2H]. The number of hydrogen-bond donors (Lipinski definition) is 0. The molecular formula is C7H16. The first kappa shape index (κ1) is 0.521. The van der Waals surface area contributed by atoms with Gasteiger partial charge in [0.25, 0.3) is 0 Å². The molecule has 1 atom stereocenters. The monoisotopic (exact) mass is 116 g/mol. The zero-order chi connectivity index (χ0) is 19.5. The average molecular weight is 116 g/mol. The summed E-state index contributed by atoms with van der Waals surface area (Å²) in [6.45, 7) is -11.6. The lowest BCUT2D eigenvalue weighted by Gasteiger charge is -2.02. The molecule has 0 saturated heterocycles. The summed E-state index contributed by atoms with van der Waals surface area (Å²) in [5.74, 6) is -4.23. The van der Waals surface area contributed by atoms with Gasteiger partial charge in [0.05, 0.1) is 0 Å². The van der Waals surface area contributed by atoms with Gasteiger partial charge in [0, 0.05) is 21.9 Å². The van der Waals surface area contributed by atoms with E-state index < -0.39 is 45.6 Å². The molecule has 0 aliphatic rings. The van der Waals surface area contributed by atoms with E-state index in [9.17, 15) is 0 Å². The first-order chi connectivity index (χ1) is 9.50. The second-order valence-corrected chi connectivity index (χ2v) is 0.750. The molecule has 0 bridgehead atoms. The van der Waals surface area contributed by atoms with Crippen molar-refractivity contribution < 1.29 is 21.9 Å². The first-order valence-corrected chi connectivity index (χ1v) is 1.50. The van der Waals surface area contributed by atoms with E-state index in [-0.39, 0.29) is 0 Å². The lowest BCUT2D eigenvalue weighted by Crippen LogP contribution is -1.88. The van der Waals surface area contributed by atoms with Crippen molar-refractivity contribution in [3.8, 4) is 0 Å². The molecule has 0 amide bonds. The van der Waals surface area contributed by atoms with Gasteiger partial charge in [-0.3, -0.25) is 0 Å². The van der Waals surface area contributed by atoms with Gasteiger partial charge in [-0.15, -0.1) is 0 Å². The lowest BCUT2D eigenvalue weighted by atomic mass is 10.0. The molecule has 0 nitrogen and oxygen atoms in total. The van der Waals surface area contributed by atoms with E-state index in [1.165, 1.54) is 0 Å². The van der Waals surface area contributed by atoms with Gasteiger partial charge >= 0.3 is 0 Å². The van der Waals surface area contributed by atoms with E-state index in [4.69, 9.17) is 21.9 Å². The average Bonchev–Trinajstić information content (AvgIpc) is 2.22. The van der Waals surface area contributed by atoms with E-state index in [0.29, 0.717) is 0 Å². The Morgan fingerprint density at radius 3 is 3.43 bits per heavy atom. The van der Waals surface area contributed by atoms with Gasteiger partial charge < -0.3 is 0 Å². The summed E-state index contributed by atoms with van der Waals surface area (Å²) >= 11 is 0. The van der Waals surface area contributed by atoms with Gasteiger partial charge in [-0.25, -0.2) is 0 Å². The van der Waals surface area contributed by atoms with Crippen LogP contribution in [0.25, 0.3) is 0 Å². The second kappa shape index (κ2) is 4.17. The van der Waals surface area contributed by atoms with Gasteiger partial charge in [-0.2, -0.15) is 0 Å². The molecule has 0 N–H and O–H groups in total. The van der Waals surface area contributed by atoms with Gasteiger partial charge in [0.15, 0.2) is 0 Å². The summed E-state index contributed by atoms with van der Waals surface area (Å²) in [5, 5.41) is 0. The highest BCUT2D eigenvalue weighted by atomic mass is 14.0. The third-order valence-corrected chi connectivity index (χ3v) is 0.312. The molecule has 0 rings (SSSR count). The highest BCUT2D eigenvalue weighted by molar-refractivity contribution is 4.45. The standard InChI is InChI=1S/C7H16/c1-4-6-7(3)5-2/h7H,4-6H2,1-3H3/i1D3,2D3,3D3,4D2,5D2,6D2,7D. The van der Waals surface area contributed by atoms with Gasteiger partial charge in [-0.1, -0.05) is 39.7 Å². The number of hydrogen-bond acceptors (Lipinski definition) is 0. The zero-order valence-corrected chi connectivity index (χ0v) is 3.50. The van der Waals surface area contributed by atoms with Crippen molar-refractivity contribution in [2.75, 3.05) is 0 Å². The first-order valence-electron chi connectivity index (χ1n) is 9.50. The Morgan fingerprint density at radius 2 is 2.86 bits per heavy atom. The Labute approximate surface area is 69.4 Å². The summed E-state index contributed by atoms with van der Waals surface area (Å²) in [7, 11) is 0. The van der Waals surface area contributed by atoms with E-state index >= 15 is 0 Å². The highest BCUT2D eigenvalue weighted by Crippen LogP contribution is 2.07. The summed E-state index contributed by atoms with van der Waals surface area (Å²) in [6.07, 6.45) is -12.3. The van der Waals surface area contributed by atoms with Crippen molar-refractivity contribution in [2.24, 2.45) is 5.89 Å². The molecule has 0 aliphatic carbocycles. The number of rotatable bonds is 3. The van der Waals surface area contributed by atoms with Crippen LogP contribution in [0.15, 0.2) is 0 Å². The normalized spacial score (nSPS) is 64.0. The van der Waals surface area contributed by atoms with Crippen molar-refractivity contribution in [3.63, 3.8) is 0 Å². The second-order valence-electron chi connectivity index (χ2n) is 0.750. The van der Waals surface area contributed by atoms with E-state index in [0.717, 1.165) is 0 Å². The maximum Gasteiger partial charge on any atom is 0.0300 e. The summed E-state index contributed by atoms with van der Waals surface area (Å²) < 4.78 is 117. The zero-order valence-electron chi connectivity index (χ0n) is 19.5.